The van der Waals surface area contributed by atoms with Gasteiger partial charge in [-0.25, -0.2) is 8.42 Å². The van der Waals surface area contributed by atoms with E-state index in [2.05, 4.69) is 37.1 Å². The van der Waals surface area contributed by atoms with E-state index in [4.69, 9.17) is 4.42 Å². The van der Waals surface area contributed by atoms with Gasteiger partial charge in [-0.2, -0.15) is 0 Å². The van der Waals surface area contributed by atoms with E-state index in [9.17, 15) is 8.42 Å². The van der Waals surface area contributed by atoms with Crippen LogP contribution in [-0.4, -0.2) is 43.5 Å². The average Bonchev–Trinajstić information content (AvgIpc) is 2.73. The fourth-order valence-electron chi connectivity index (χ4n) is 2.34. The van der Waals surface area contributed by atoms with Crippen molar-refractivity contribution in [2.24, 2.45) is 0 Å². The molecule has 1 N–H and O–H groups in total. The Balaban J connectivity index is 1.87. The maximum Gasteiger partial charge on any atom is 0.151 e. The zero-order valence-corrected chi connectivity index (χ0v) is 14.0. The summed E-state index contributed by atoms with van der Waals surface area (Å²) < 4.78 is 28.8. The highest BCUT2D eigenvalue weighted by Gasteiger charge is 2.20. The largest absolute Gasteiger partial charge is 0.468 e. The lowest BCUT2D eigenvalue weighted by atomic mass is 10.1. The van der Waals surface area contributed by atoms with Crippen LogP contribution in [0.2, 0.25) is 0 Å². The molecule has 0 atom stereocenters. The van der Waals surface area contributed by atoms with Crippen molar-refractivity contribution in [2.75, 3.05) is 24.6 Å². The van der Waals surface area contributed by atoms with E-state index < -0.39 is 9.84 Å². The highest BCUT2D eigenvalue weighted by Crippen LogP contribution is 2.14. The van der Waals surface area contributed by atoms with Crippen molar-refractivity contribution < 1.29 is 12.8 Å². The Hall–Kier alpha value is -0.850. The molecule has 0 saturated carbocycles. The van der Waals surface area contributed by atoms with E-state index in [1.165, 1.54) is 0 Å². The highest BCUT2D eigenvalue weighted by molar-refractivity contribution is 7.91. The van der Waals surface area contributed by atoms with Crippen LogP contribution >= 0.6 is 0 Å². The van der Waals surface area contributed by atoms with Crippen LogP contribution in [-0.2, 0) is 22.9 Å². The second-order valence-corrected chi connectivity index (χ2v) is 9.11. The lowest BCUT2D eigenvalue weighted by Gasteiger charge is -2.19. The maximum atomic E-state index is 11.6. The van der Waals surface area contributed by atoms with E-state index in [-0.39, 0.29) is 11.3 Å². The number of sulfone groups is 1. The molecule has 0 amide bonds. The Kier molecular flexibility index (Phi) is 5.11. The Morgan fingerprint density at radius 1 is 1.29 bits per heavy atom. The standard InChI is InChI=1S/C15H26N2O3S/c1-15(2,3)16-10-13-9-14(20-12-13)11-17-5-4-7-21(18,19)8-6-17/h9,12,16H,4-8,10-11H2,1-3H3. The predicted octanol–water partition coefficient (Wildman–Crippen LogP) is 1.79. The molecule has 1 aromatic rings. The van der Waals surface area contributed by atoms with Gasteiger partial charge in [0.25, 0.3) is 0 Å². The SMILES string of the molecule is CC(C)(C)NCc1coc(CN2CCCS(=O)(=O)CC2)c1. The van der Waals surface area contributed by atoms with Gasteiger partial charge in [0.05, 0.1) is 24.3 Å². The van der Waals surface area contributed by atoms with Gasteiger partial charge in [0, 0.05) is 24.2 Å². The third-order valence-corrected chi connectivity index (χ3v) is 5.27. The second kappa shape index (κ2) is 6.50. The minimum absolute atomic E-state index is 0.0799. The zero-order valence-electron chi connectivity index (χ0n) is 13.2. The first-order valence-electron chi connectivity index (χ1n) is 7.48. The molecule has 1 aliphatic rings. The molecule has 2 heterocycles. The highest BCUT2D eigenvalue weighted by atomic mass is 32.2. The molecule has 1 saturated heterocycles. The van der Waals surface area contributed by atoms with Crippen LogP contribution in [0.1, 0.15) is 38.5 Å². The van der Waals surface area contributed by atoms with Gasteiger partial charge in [0.1, 0.15) is 5.76 Å². The zero-order chi connectivity index (χ0) is 15.5. The summed E-state index contributed by atoms with van der Waals surface area (Å²) in [4.78, 5) is 2.16. The summed E-state index contributed by atoms with van der Waals surface area (Å²) in [5.41, 5.74) is 1.21. The number of nitrogens with one attached hydrogen (secondary N) is 1. The Morgan fingerprint density at radius 2 is 2.05 bits per heavy atom. The van der Waals surface area contributed by atoms with Crippen molar-refractivity contribution in [1.82, 2.24) is 10.2 Å². The summed E-state index contributed by atoms with van der Waals surface area (Å²) in [6, 6.07) is 2.05. The summed E-state index contributed by atoms with van der Waals surface area (Å²) in [6.07, 6.45) is 2.49. The molecule has 0 radical (unpaired) electrons. The van der Waals surface area contributed by atoms with E-state index in [0.717, 1.165) is 24.4 Å². The molecule has 6 heteroatoms. The lowest BCUT2D eigenvalue weighted by Crippen LogP contribution is -2.34. The number of hydrogen-bond acceptors (Lipinski definition) is 5. The van der Waals surface area contributed by atoms with Gasteiger partial charge >= 0.3 is 0 Å². The number of rotatable bonds is 4. The molecule has 5 nitrogen and oxygen atoms in total. The van der Waals surface area contributed by atoms with Crippen molar-refractivity contribution in [2.45, 2.75) is 45.8 Å². The van der Waals surface area contributed by atoms with Crippen LogP contribution in [0.5, 0.6) is 0 Å². The second-order valence-electron chi connectivity index (χ2n) is 6.81. The van der Waals surface area contributed by atoms with Gasteiger partial charge < -0.3 is 9.73 Å². The molecular formula is C15H26N2O3S. The summed E-state index contributed by atoms with van der Waals surface area (Å²) in [5, 5.41) is 3.42. The first-order chi connectivity index (χ1) is 9.73. The van der Waals surface area contributed by atoms with Crippen molar-refractivity contribution in [3.05, 3.63) is 23.7 Å². The fraction of sp³-hybridized carbons (Fsp3) is 0.733. The number of nitrogens with zero attached hydrogens (tertiary/aromatic N) is 1. The van der Waals surface area contributed by atoms with Gasteiger partial charge in [-0.15, -0.1) is 0 Å². The topological polar surface area (TPSA) is 62.6 Å². The fourth-order valence-corrected chi connectivity index (χ4v) is 3.65. The smallest absolute Gasteiger partial charge is 0.151 e. The first kappa shape index (κ1) is 16.5. The monoisotopic (exact) mass is 314 g/mol. The summed E-state index contributed by atoms with van der Waals surface area (Å²) in [6.45, 7) is 9.27. The molecule has 1 aliphatic heterocycles. The van der Waals surface area contributed by atoms with Crippen LogP contribution in [0.4, 0.5) is 0 Å². The van der Waals surface area contributed by atoms with E-state index in [1.807, 2.05) is 0 Å². The summed E-state index contributed by atoms with van der Waals surface area (Å²) in [5.74, 6) is 1.47. The molecule has 1 fully saturated rings. The minimum atomic E-state index is -2.85. The van der Waals surface area contributed by atoms with Gasteiger partial charge in [0.15, 0.2) is 9.84 Å². The molecule has 0 aliphatic carbocycles. The van der Waals surface area contributed by atoms with Crippen molar-refractivity contribution in [3.63, 3.8) is 0 Å². The Morgan fingerprint density at radius 3 is 2.76 bits per heavy atom. The van der Waals surface area contributed by atoms with Crippen LogP contribution in [0, 0.1) is 0 Å². The molecular weight excluding hydrogens is 288 g/mol. The first-order valence-corrected chi connectivity index (χ1v) is 9.30. The average molecular weight is 314 g/mol. The van der Waals surface area contributed by atoms with Crippen LogP contribution in [0.3, 0.4) is 0 Å². The third-order valence-electron chi connectivity index (χ3n) is 3.56. The van der Waals surface area contributed by atoms with Crippen molar-refractivity contribution >= 4 is 9.84 Å². The summed E-state index contributed by atoms with van der Waals surface area (Å²) >= 11 is 0. The number of hydrogen-bond donors (Lipinski definition) is 1. The summed E-state index contributed by atoms with van der Waals surface area (Å²) in [7, 11) is -2.85. The van der Waals surface area contributed by atoms with Gasteiger partial charge in [0.2, 0.25) is 0 Å². The van der Waals surface area contributed by atoms with Crippen molar-refractivity contribution in [1.29, 1.82) is 0 Å². The van der Waals surface area contributed by atoms with Crippen molar-refractivity contribution in [3.8, 4) is 0 Å². The van der Waals surface area contributed by atoms with Crippen LogP contribution < -0.4 is 5.32 Å². The maximum absolute atomic E-state index is 11.6. The molecule has 0 spiro atoms. The molecule has 0 unspecified atom stereocenters. The van der Waals surface area contributed by atoms with Crippen LogP contribution in [0.25, 0.3) is 0 Å². The Labute approximate surface area is 127 Å². The third kappa shape index (κ3) is 5.80. The molecule has 1 aromatic heterocycles. The van der Waals surface area contributed by atoms with Gasteiger partial charge in [-0.1, -0.05) is 0 Å². The van der Waals surface area contributed by atoms with E-state index >= 15 is 0 Å². The van der Waals surface area contributed by atoms with E-state index in [1.54, 1.807) is 6.26 Å². The minimum Gasteiger partial charge on any atom is -0.468 e. The molecule has 0 bridgehead atoms. The lowest BCUT2D eigenvalue weighted by molar-refractivity contribution is 0.262. The molecule has 21 heavy (non-hydrogen) atoms. The number of furan rings is 1. The van der Waals surface area contributed by atoms with Crippen LogP contribution in [0.15, 0.2) is 16.7 Å². The Bertz CT molecular complexity index is 558. The molecule has 120 valence electrons. The van der Waals surface area contributed by atoms with Gasteiger partial charge in [-0.3, -0.25) is 4.90 Å². The van der Waals surface area contributed by atoms with E-state index in [0.29, 0.717) is 25.3 Å². The predicted molar refractivity (Wildman–Crippen MR) is 83.8 cm³/mol. The molecule has 0 aromatic carbocycles. The normalized spacial score (nSPS) is 20.3. The quantitative estimate of drug-likeness (QED) is 0.918. The van der Waals surface area contributed by atoms with Gasteiger partial charge in [-0.05, 0) is 39.8 Å². The molecule has 2 rings (SSSR count).